The van der Waals surface area contributed by atoms with Crippen LogP contribution in [0.2, 0.25) is 5.02 Å². The number of hydrogen-bond donors (Lipinski definition) is 2. The van der Waals surface area contributed by atoms with Gasteiger partial charge in [-0.25, -0.2) is 8.78 Å². The lowest BCUT2D eigenvalue weighted by Crippen LogP contribution is -2.23. The van der Waals surface area contributed by atoms with Crippen molar-refractivity contribution in [2.75, 3.05) is 6.61 Å². The van der Waals surface area contributed by atoms with Gasteiger partial charge in [0.15, 0.2) is 5.65 Å². The van der Waals surface area contributed by atoms with Gasteiger partial charge in [-0.05, 0) is 30.3 Å². The fourth-order valence-electron chi connectivity index (χ4n) is 2.87. The maximum atomic E-state index is 13.8. The predicted molar refractivity (Wildman–Crippen MR) is 114 cm³/mol. The number of rotatable bonds is 7. The SMILES string of the molecule is CC(C)(CO)c1ccc(Oc2nc3nc(OCc4c(F)cccc4F)c(Cl)cc3[nH]2)cn1. The van der Waals surface area contributed by atoms with Crippen molar-refractivity contribution < 1.29 is 23.4 Å². The van der Waals surface area contributed by atoms with Crippen molar-refractivity contribution in [1.82, 2.24) is 19.9 Å². The molecule has 2 N–H and O–H groups in total. The molecule has 0 aliphatic rings. The Bertz CT molecular complexity index is 1240. The molecule has 0 amide bonds. The maximum Gasteiger partial charge on any atom is 0.301 e. The van der Waals surface area contributed by atoms with E-state index in [2.05, 4.69) is 19.9 Å². The molecule has 166 valence electrons. The number of aliphatic hydroxyl groups is 1. The highest BCUT2D eigenvalue weighted by Gasteiger charge is 2.21. The number of ether oxygens (including phenoxy) is 2. The summed E-state index contributed by atoms with van der Waals surface area (Å²) in [6, 6.07) is 8.71. The van der Waals surface area contributed by atoms with Crippen LogP contribution in [-0.4, -0.2) is 31.6 Å². The first kappa shape index (κ1) is 21.9. The molecule has 0 bridgehead atoms. The van der Waals surface area contributed by atoms with E-state index < -0.39 is 17.0 Å². The molecule has 0 spiro atoms. The van der Waals surface area contributed by atoms with Gasteiger partial charge in [-0.3, -0.25) is 4.98 Å². The summed E-state index contributed by atoms with van der Waals surface area (Å²) in [5.41, 5.74) is 0.760. The normalized spacial score (nSPS) is 11.7. The van der Waals surface area contributed by atoms with Gasteiger partial charge < -0.3 is 19.6 Å². The van der Waals surface area contributed by atoms with Crippen LogP contribution < -0.4 is 9.47 Å². The zero-order valence-electron chi connectivity index (χ0n) is 17.2. The number of aromatic nitrogens is 4. The number of H-pyrrole nitrogens is 1. The second-order valence-corrected chi connectivity index (χ2v) is 8.11. The van der Waals surface area contributed by atoms with E-state index in [-0.39, 0.29) is 41.3 Å². The molecule has 0 aliphatic carbocycles. The zero-order valence-corrected chi connectivity index (χ0v) is 18.0. The van der Waals surface area contributed by atoms with Crippen LogP contribution in [-0.2, 0) is 12.0 Å². The molecular formula is C22H19ClF2N4O3. The molecule has 0 aliphatic heterocycles. The number of benzene rings is 1. The van der Waals surface area contributed by atoms with E-state index in [0.717, 1.165) is 17.8 Å². The third-order valence-corrected chi connectivity index (χ3v) is 5.10. The molecule has 3 aromatic heterocycles. The highest BCUT2D eigenvalue weighted by Crippen LogP contribution is 2.30. The Kier molecular flexibility index (Phi) is 5.94. The van der Waals surface area contributed by atoms with Crippen molar-refractivity contribution in [3.8, 4) is 17.6 Å². The first-order valence-electron chi connectivity index (χ1n) is 9.64. The number of aromatic amines is 1. The Hall–Kier alpha value is -3.30. The predicted octanol–water partition coefficient (Wildman–Crippen LogP) is 4.93. The van der Waals surface area contributed by atoms with Crippen molar-refractivity contribution >= 4 is 22.8 Å². The summed E-state index contributed by atoms with van der Waals surface area (Å²) in [6.45, 7) is 3.34. The van der Waals surface area contributed by atoms with Gasteiger partial charge in [-0.2, -0.15) is 9.97 Å². The molecule has 32 heavy (non-hydrogen) atoms. The number of pyridine rings is 2. The fourth-order valence-corrected chi connectivity index (χ4v) is 3.08. The van der Waals surface area contributed by atoms with E-state index in [1.165, 1.54) is 18.3 Å². The average Bonchev–Trinajstić information content (AvgIpc) is 3.14. The van der Waals surface area contributed by atoms with E-state index in [9.17, 15) is 13.9 Å². The second kappa shape index (κ2) is 8.68. The maximum absolute atomic E-state index is 13.8. The molecule has 7 nitrogen and oxygen atoms in total. The summed E-state index contributed by atoms with van der Waals surface area (Å²) >= 11 is 6.20. The summed E-state index contributed by atoms with van der Waals surface area (Å²) in [7, 11) is 0. The number of nitrogens with zero attached hydrogens (tertiary/aromatic N) is 3. The average molecular weight is 461 g/mol. The Morgan fingerprint density at radius 1 is 1.12 bits per heavy atom. The van der Waals surface area contributed by atoms with Crippen LogP contribution in [0, 0.1) is 11.6 Å². The number of nitrogens with one attached hydrogen (secondary N) is 1. The quantitative estimate of drug-likeness (QED) is 0.406. The molecule has 0 radical (unpaired) electrons. The van der Waals surface area contributed by atoms with Crippen molar-refractivity contribution in [2.45, 2.75) is 25.9 Å². The van der Waals surface area contributed by atoms with Crippen LogP contribution in [0.5, 0.6) is 17.6 Å². The smallest absolute Gasteiger partial charge is 0.301 e. The fraction of sp³-hybridized carbons (Fsp3) is 0.227. The van der Waals surface area contributed by atoms with Gasteiger partial charge in [0.05, 0.1) is 23.9 Å². The highest BCUT2D eigenvalue weighted by molar-refractivity contribution is 6.32. The topological polar surface area (TPSA) is 93.1 Å². The zero-order chi connectivity index (χ0) is 22.9. The van der Waals surface area contributed by atoms with E-state index in [0.29, 0.717) is 11.3 Å². The molecule has 4 aromatic rings. The van der Waals surface area contributed by atoms with Crippen LogP contribution in [0.15, 0.2) is 42.6 Å². The number of aliphatic hydroxyl groups excluding tert-OH is 1. The van der Waals surface area contributed by atoms with Crippen LogP contribution >= 0.6 is 11.6 Å². The lowest BCUT2D eigenvalue weighted by atomic mass is 9.90. The van der Waals surface area contributed by atoms with E-state index in [1.807, 2.05) is 13.8 Å². The first-order chi connectivity index (χ1) is 15.3. The monoisotopic (exact) mass is 460 g/mol. The minimum Gasteiger partial charge on any atom is -0.471 e. The third-order valence-electron chi connectivity index (χ3n) is 4.83. The second-order valence-electron chi connectivity index (χ2n) is 7.70. The number of imidazole rings is 1. The van der Waals surface area contributed by atoms with Crippen LogP contribution in [0.3, 0.4) is 0 Å². The lowest BCUT2D eigenvalue weighted by molar-refractivity contribution is 0.215. The highest BCUT2D eigenvalue weighted by atomic mass is 35.5. The molecule has 10 heteroatoms. The van der Waals surface area contributed by atoms with Gasteiger partial charge in [-0.15, -0.1) is 0 Å². The Morgan fingerprint density at radius 3 is 2.53 bits per heavy atom. The van der Waals surface area contributed by atoms with Crippen molar-refractivity contribution in [2.24, 2.45) is 0 Å². The standard InChI is InChI=1S/C22H19ClF2N4O3/c1-22(2,11-30)18-7-6-12(9-26-18)32-21-27-17-8-14(23)20(28-19(17)29-21)31-10-13-15(24)4-3-5-16(13)25/h3-9,30H,10-11H2,1-2H3,(H,27,28,29). The molecule has 0 saturated heterocycles. The van der Waals surface area contributed by atoms with Crippen LogP contribution in [0.1, 0.15) is 25.1 Å². The Labute approximate surface area is 187 Å². The summed E-state index contributed by atoms with van der Waals surface area (Å²) in [5, 5.41) is 9.60. The summed E-state index contributed by atoms with van der Waals surface area (Å²) in [5.74, 6) is -1.03. The van der Waals surface area contributed by atoms with Gasteiger partial charge in [0.2, 0.25) is 5.88 Å². The van der Waals surface area contributed by atoms with Crippen molar-refractivity contribution in [3.05, 3.63) is 70.5 Å². The van der Waals surface area contributed by atoms with Gasteiger partial charge in [0.1, 0.15) is 29.0 Å². The third kappa shape index (κ3) is 4.49. The van der Waals surface area contributed by atoms with Crippen LogP contribution in [0.4, 0.5) is 8.78 Å². The van der Waals surface area contributed by atoms with E-state index in [1.54, 1.807) is 12.1 Å². The van der Waals surface area contributed by atoms with Gasteiger partial charge in [0, 0.05) is 11.1 Å². The molecule has 1 aromatic carbocycles. The van der Waals surface area contributed by atoms with Gasteiger partial charge >= 0.3 is 6.01 Å². The number of hydrogen-bond acceptors (Lipinski definition) is 6. The van der Waals surface area contributed by atoms with Gasteiger partial charge in [-0.1, -0.05) is 31.5 Å². The Morgan fingerprint density at radius 2 is 1.88 bits per heavy atom. The Balaban J connectivity index is 1.52. The van der Waals surface area contributed by atoms with E-state index >= 15 is 0 Å². The van der Waals surface area contributed by atoms with Gasteiger partial charge in [0.25, 0.3) is 0 Å². The van der Waals surface area contributed by atoms with Crippen molar-refractivity contribution in [3.63, 3.8) is 0 Å². The molecule has 3 heterocycles. The van der Waals surface area contributed by atoms with E-state index in [4.69, 9.17) is 21.1 Å². The largest absolute Gasteiger partial charge is 0.471 e. The molecule has 0 fully saturated rings. The molecule has 0 atom stereocenters. The first-order valence-corrected chi connectivity index (χ1v) is 10.0. The molecular weight excluding hydrogens is 442 g/mol. The number of halogens is 3. The molecule has 4 rings (SSSR count). The minimum atomic E-state index is -0.723. The summed E-state index contributed by atoms with van der Waals surface area (Å²) in [4.78, 5) is 15.7. The summed E-state index contributed by atoms with van der Waals surface area (Å²) < 4.78 is 38.7. The summed E-state index contributed by atoms with van der Waals surface area (Å²) in [6.07, 6.45) is 1.53. The van der Waals surface area contributed by atoms with Crippen molar-refractivity contribution in [1.29, 1.82) is 0 Å². The van der Waals surface area contributed by atoms with Crippen LogP contribution in [0.25, 0.3) is 11.2 Å². The number of fused-ring (bicyclic) bond motifs is 1. The molecule has 0 unspecified atom stereocenters. The minimum absolute atomic E-state index is 0.0166. The lowest BCUT2D eigenvalue weighted by Gasteiger charge is -2.20. The molecule has 0 saturated carbocycles.